The molecule has 0 aromatic rings. The number of halogens is 6. The van der Waals surface area contributed by atoms with Crippen molar-refractivity contribution in [2.75, 3.05) is 33.2 Å². The average Bonchev–Trinajstić information content (AvgIpc) is 2.41. The van der Waals surface area contributed by atoms with Crippen LogP contribution in [0.25, 0.3) is 0 Å². The number of likely N-dealkylation sites (tertiary alicyclic amines) is 1. The number of nitrogens with zero attached hydrogens (tertiary/aromatic N) is 2. The van der Waals surface area contributed by atoms with E-state index < -0.39 is 49.8 Å². The van der Waals surface area contributed by atoms with Crippen LogP contribution in [0.1, 0.15) is 12.8 Å². The standard InChI is InChI=1S/C12H17F6N3O2/c1-20(7-11(13,14)15)9(22)5-19-10(23)21-4-2-3-8(6-21)12(16,17)18/h8H,2-7H2,1H3,(H,19,23)/t8-/m1/s1. The molecule has 0 radical (unpaired) electrons. The molecule has 1 saturated heterocycles. The van der Waals surface area contributed by atoms with E-state index in [1.165, 1.54) is 0 Å². The molecular formula is C12H17F6N3O2. The minimum atomic E-state index is -4.57. The zero-order valence-electron chi connectivity index (χ0n) is 12.3. The Labute approximate surface area is 128 Å². The fourth-order valence-electron chi connectivity index (χ4n) is 2.18. The summed E-state index contributed by atoms with van der Waals surface area (Å²) in [6, 6.07) is -0.896. The van der Waals surface area contributed by atoms with Crippen LogP contribution in [0.4, 0.5) is 31.1 Å². The fraction of sp³-hybridized carbons (Fsp3) is 0.833. The van der Waals surface area contributed by atoms with Gasteiger partial charge in [0.1, 0.15) is 6.54 Å². The lowest BCUT2D eigenvalue weighted by Crippen LogP contribution is -2.50. The van der Waals surface area contributed by atoms with Crippen LogP contribution in [-0.2, 0) is 4.79 Å². The third-order valence-corrected chi connectivity index (χ3v) is 3.40. The number of rotatable bonds is 3. The molecule has 134 valence electrons. The number of hydrogen-bond acceptors (Lipinski definition) is 2. The maximum Gasteiger partial charge on any atom is 0.406 e. The lowest BCUT2D eigenvalue weighted by atomic mass is 9.98. The van der Waals surface area contributed by atoms with Crippen molar-refractivity contribution in [3.63, 3.8) is 0 Å². The lowest BCUT2D eigenvalue weighted by Gasteiger charge is -2.33. The van der Waals surface area contributed by atoms with Gasteiger partial charge in [-0.2, -0.15) is 26.3 Å². The Kier molecular flexibility index (Phi) is 6.11. The maximum atomic E-state index is 12.6. The van der Waals surface area contributed by atoms with Gasteiger partial charge in [-0.3, -0.25) is 4.79 Å². The highest BCUT2D eigenvalue weighted by molar-refractivity contribution is 5.83. The second kappa shape index (κ2) is 7.26. The second-order valence-corrected chi connectivity index (χ2v) is 5.35. The van der Waals surface area contributed by atoms with Crippen molar-refractivity contribution in [3.05, 3.63) is 0 Å². The zero-order chi connectivity index (χ0) is 17.8. The summed E-state index contributed by atoms with van der Waals surface area (Å²) < 4.78 is 74.2. The van der Waals surface area contributed by atoms with Crippen molar-refractivity contribution < 1.29 is 35.9 Å². The Morgan fingerprint density at radius 1 is 1.22 bits per heavy atom. The molecule has 0 saturated carbocycles. The second-order valence-electron chi connectivity index (χ2n) is 5.35. The number of carbonyl (C=O) groups is 2. The summed E-state index contributed by atoms with van der Waals surface area (Å²) in [6.07, 6.45) is -8.90. The van der Waals surface area contributed by atoms with Crippen LogP contribution in [-0.4, -0.2) is 67.3 Å². The molecular weight excluding hydrogens is 332 g/mol. The van der Waals surface area contributed by atoms with Gasteiger partial charge in [-0.25, -0.2) is 4.79 Å². The first-order valence-electron chi connectivity index (χ1n) is 6.80. The molecule has 1 aliphatic rings. The molecule has 0 spiro atoms. The van der Waals surface area contributed by atoms with Gasteiger partial charge in [-0.05, 0) is 12.8 Å². The number of piperidine rings is 1. The summed E-state index contributed by atoms with van der Waals surface area (Å²) >= 11 is 0. The minimum Gasteiger partial charge on any atom is -0.335 e. The molecule has 0 aromatic carbocycles. The van der Waals surface area contributed by atoms with Crippen LogP contribution in [0.15, 0.2) is 0 Å². The minimum absolute atomic E-state index is 0.0828. The van der Waals surface area contributed by atoms with Crippen LogP contribution in [0.5, 0.6) is 0 Å². The molecule has 0 aromatic heterocycles. The maximum absolute atomic E-state index is 12.6. The molecule has 0 unspecified atom stereocenters. The molecule has 3 amide bonds. The number of alkyl halides is 6. The lowest BCUT2D eigenvalue weighted by molar-refractivity contribution is -0.184. The molecule has 1 fully saturated rings. The summed E-state index contributed by atoms with van der Waals surface area (Å²) in [5.74, 6) is -2.62. The van der Waals surface area contributed by atoms with Gasteiger partial charge >= 0.3 is 18.4 Å². The molecule has 11 heteroatoms. The van der Waals surface area contributed by atoms with E-state index in [-0.39, 0.29) is 19.4 Å². The smallest absolute Gasteiger partial charge is 0.335 e. The highest BCUT2D eigenvalue weighted by atomic mass is 19.4. The van der Waals surface area contributed by atoms with Crippen molar-refractivity contribution in [2.24, 2.45) is 5.92 Å². The van der Waals surface area contributed by atoms with E-state index in [9.17, 15) is 35.9 Å². The SMILES string of the molecule is CN(CC(F)(F)F)C(=O)CNC(=O)N1CCC[C@@H](C(F)(F)F)C1. The van der Waals surface area contributed by atoms with E-state index in [1.807, 2.05) is 0 Å². The topological polar surface area (TPSA) is 52.7 Å². The van der Waals surface area contributed by atoms with Gasteiger partial charge < -0.3 is 15.1 Å². The van der Waals surface area contributed by atoms with Crippen LogP contribution in [0.2, 0.25) is 0 Å². The largest absolute Gasteiger partial charge is 0.406 e. The van der Waals surface area contributed by atoms with Gasteiger partial charge in [0.15, 0.2) is 0 Å². The average molecular weight is 349 g/mol. The zero-order valence-corrected chi connectivity index (χ0v) is 12.3. The predicted molar refractivity (Wildman–Crippen MR) is 67.4 cm³/mol. The summed E-state index contributed by atoms with van der Waals surface area (Å²) in [6.45, 7) is -2.60. The van der Waals surface area contributed by atoms with Gasteiger partial charge in [0.05, 0.1) is 12.5 Å². The highest BCUT2D eigenvalue weighted by Crippen LogP contribution is 2.33. The van der Waals surface area contributed by atoms with Crippen LogP contribution in [0, 0.1) is 5.92 Å². The van der Waals surface area contributed by atoms with Gasteiger partial charge in [0, 0.05) is 20.1 Å². The van der Waals surface area contributed by atoms with E-state index >= 15 is 0 Å². The van der Waals surface area contributed by atoms with Crippen molar-refractivity contribution in [3.8, 4) is 0 Å². The molecule has 1 rings (SSSR count). The Morgan fingerprint density at radius 2 is 1.83 bits per heavy atom. The number of urea groups is 1. The summed E-state index contributed by atoms with van der Waals surface area (Å²) in [5.41, 5.74) is 0. The molecule has 1 aliphatic heterocycles. The third kappa shape index (κ3) is 6.53. The number of amides is 3. The summed E-state index contributed by atoms with van der Waals surface area (Å²) in [4.78, 5) is 24.5. The van der Waals surface area contributed by atoms with Crippen LogP contribution < -0.4 is 5.32 Å². The number of carbonyl (C=O) groups excluding carboxylic acids is 2. The first-order chi connectivity index (χ1) is 10.4. The molecule has 0 aliphatic carbocycles. The van der Waals surface area contributed by atoms with E-state index in [4.69, 9.17) is 0 Å². The summed E-state index contributed by atoms with van der Waals surface area (Å²) in [5, 5.41) is 2.05. The Bertz CT molecular complexity index is 437. The highest BCUT2D eigenvalue weighted by Gasteiger charge is 2.42. The molecule has 0 bridgehead atoms. The first kappa shape index (κ1) is 19.4. The Morgan fingerprint density at radius 3 is 2.35 bits per heavy atom. The van der Waals surface area contributed by atoms with E-state index in [2.05, 4.69) is 5.32 Å². The molecule has 1 N–H and O–H groups in total. The van der Waals surface area contributed by atoms with Crippen molar-refractivity contribution >= 4 is 11.9 Å². The van der Waals surface area contributed by atoms with Crippen LogP contribution in [0.3, 0.4) is 0 Å². The van der Waals surface area contributed by atoms with Gasteiger partial charge in [-0.15, -0.1) is 0 Å². The molecule has 1 heterocycles. The number of likely N-dealkylation sites (N-methyl/N-ethyl adjacent to an activating group) is 1. The summed E-state index contributed by atoms with van der Waals surface area (Å²) in [7, 11) is 0.919. The monoisotopic (exact) mass is 349 g/mol. The third-order valence-electron chi connectivity index (χ3n) is 3.40. The molecule has 1 atom stereocenters. The molecule has 5 nitrogen and oxygen atoms in total. The van der Waals surface area contributed by atoms with Crippen molar-refractivity contribution in [2.45, 2.75) is 25.2 Å². The van der Waals surface area contributed by atoms with Gasteiger partial charge in [0.2, 0.25) is 5.91 Å². The number of nitrogens with one attached hydrogen (secondary N) is 1. The molecule has 23 heavy (non-hydrogen) atoms. The first-order valence-corrected chi connectivity index (χ1v) is 6.80. The quantitative estimate of drug-likeness (QED) is 0.793. The van der Waals surface area contributed by atoms with E-state index in [0.717, 1.165) is 11.9 Å². The van der Waals surface area contributed by atoms with Gasteiger partial charge in [-0.1, -0.05) is 0 Å². The number of hydrogen-bond donors (Lipinski definition) is 1. The van der Waals surface area contributed by atoms with Crippen LogP contribution >= 0.6 is 0 Å². The van der Waals surface area contributed by atoms with Crippen molar-refractivity contribution in [1.82, 2.24) is 15.1 Å². The van der Waals surface area contributed by atoms with Gasteiger partial charge in [0.25, 0.3) is 0 Å². The normalized spacial score (nSPS) is 19.4. The van der Waals surface area contributed by atoms with Crippen molar-refractivity contribution in [1.29, 1.82) is 0 Å². The predicted octanol–water partition coefficient (Wildman–Crippen LogP) is 1.99. The Balaban J connectivity index is 2.46. The van der Waals surface area contributed by atoms with E-state index in [1.54, 1.807) is 0 Å². The van der Waals surface area contributed by atoms with E-state index in [0.29, 0.717) is 4.90 Å². The fourth-order valence-corrected chi connectivity index (χ4v) is 2.18. The Hall–Kier alpha value is -1.68.